The van der Waals surface area contributed by atoms with Crippen molar-refractivity contribution in [3.05, 3.63) is 29.6 Å². The molecule has 0 spiro atoms. The van der Waals surface area contributed by atoms with Crippen LogP contribution < -0.4 is 10.1 Å². The second kappa shape index (κ2) is 7.11. The Bertz CT molecular complexity index is 413. The summed E-state index contributed by atoms with van der Waals surface area (Å²) >= 11 is 6.16. The molecule has 0 aromatic heterocycles. The SMILES string of the molecule is COc1ccc(CNCC2CCCC(Cl)C2)c(F)c1. The van der Waals surface area contributed by atoms with Gasteiger partial charge in [-0.25, -0.2) is 4.39 Å². The molecule has 0 heterocycles. The van der Waals surface area contributed by atoms with Crippen LogP contribution >= 0.6 is 11.6 Å². The first-order valence-electron chi connectivity index (χ1n) is 6.86. The maximum atomic E-state index is 13.7. The van der Waals surface area contributed by atoms with Gasteiger partial charge in [-0.2, -0.15) is 0 Å². The summed E-state index contributed by atoms with van der Waals surface area (Å²) in [5.74, 6) is 0.960. The van der Waals surface area contributed by atoms with Crippen molar-refractivity contribution in [3.8, 4) is 5.75 Å². The molecule has 1 aromatic carbocycles. The van der Waals surface area contributed by atoms with E-state index in [1.165, 1.54) is 18.9 Å². The van der Waals surface area contributed by atoms with Crippen molar-refractivity contribution < 1.29 is 9.13 Å². The third-order valence-electron chi connectivity index (χ3n) is 3.73. The predicted octanol–water partition coefficient (Wildman–Crippen LogP) is 3.72. The van der Waals surface area contributed by atoms with Crippen molar-refractivity contribution in [2.24, 2.45) is 5.92 Å². The average Bonchev–Trinajstić information content (AvgIpc) is 2.40. The van der Waals surface area contributed by atoms with E-state index in [-0.39, 0.29) is 5.82 Å². The molecule has 4 heteroatoms. The monoisotopic (exact) mass is 285 g/mol. The van der Waals surface area contributed by atoms with Crippen LogP contribution in [0.15, 0.2) is 18.2 Å². The molecule has 0 radical (unpaired) electrons. The Morgan fingerprint density at radius 3 is 2.95 bits per heavy atom. The van der Waals surface area contributed by atoms with Gasteiger partial charge in [0.15, 0.2) is 0 Å². The van der Waals surface area contributed by atoms with Crippen LogP contribution in [0.1, 0.15) is 31.2 Å². The summed E-state index contributed by atoms with van der Waals surface area (Å²) in [6.45, 7) is 1.47. The van der Waals surface area contributed by atoms with E-state index >= 15 is 0 Å². The number of rotatable bonds is 5. The lowest BCUT2D eigenvalue weighted by molar-refractivity contribution is 0.345. The minimum atomic E-state index is -0.217. The molecule has 1 saturated carbocycles. The summed E-state index contributed by atoms with van der Waals surface area (Å²) in [6.07, 6.45) is 4.63. The number of alkyl halides is 1. The molecule has 0 aliphatic heterocycles. The standard InChI is InChI=1S/C15H21ClFNO/c1-19-14-6-5-12(15(17)8-14)10-18-9-11-3-2-4-13(16)7-11/h5-6,8,11,13,18H,2-4,7,9-10H2,1H3. The summed E-state index contributed by atoms with van der Waals surface area (Å²) in [7, 11) is 1.54. The zero-order valence-corrected chi connectivity index (χ0v) is 12.0. The maximum absolute atomic E-state index is 13.7. The van der Waals surface area contributed by atoms with Gasteiger partial charge in [-0.3, -0.25) is 0 Å². The summed E-state index contributed by atoms with van der Waals surface area (Å²) in [4.78, 5) is 0. The lowest BCUT2D eigenvalue weighted by Gasteiger charge is -2.25. The van der Waals surface area contributed by atoms with Crippen molar-refractivity contribution in [1.82, 2.24) is 5.32 Å². The average molecular weight is 286 g/mol. The first-order valence-corrected chi connectivity index (χ1v) is 7.30. The molecule has 1 N–H and O–H groups in total. The van der Waals surface area contributed by atoms with Crippen LogP contribution in [0.2, 0.25) is 0 Å². The van der Waals surface area contributed by atoms with Gasteiger partial charge in [0.2, 0.25) is 0 Å². The van der Waals surface area contributed by atoms with Gasteiger partial charge in [-0.15, -0.1) is 11.6 Å². The molecule has 2 atom stereocenters. The zero-order chi connectivity index (χ0) is 13.7. The Morgan fingerprint density at radius 1 is 1.42 bits per heavy atom. The number of hydrogen-bond donors (Lipinski definition) is 1. The van der Waals surface area contributed by atoms with Gasteiger partial charge >= 0.3 is 0 Å². The highest BCUT2D eigenvalue weighted by molar-refractivity contribution is 6.20. The van der Waals surface area contributed by atoms with Gasteiger partial charge in [-0.1, -0.05) is 12.5 Å². The summed E-state index contributed by atoms with van der Waals surface area (Å²) < 4.78 is 18.7. The van der Waals surface area contributed by atoms with Crippen LogP contribution in [0.5, 0.6) is 5.75 Å². The minimum Gasteiger partial charge on any atom is -0.497 e. The van der Waals surface area contributed by atoms with Crippen LogP contribution in [0.3, 0.4) is 0 Å². The second-order valence-corrected chi connectivity index (χ2v) is 5.84. The van der Waals surface area contributed by atoms with Crippen molar-refractivity contribution >= 4 is 11.6 Å². The van der Waals surface area contributed by atoms with Crippen LogP contribution in [0, 0.1) is 11.7 Å². The third-order valence-corrected chi connectivity index (χ3v) is 4.12. The fraction of sp³-hybridized carbons (Fsp3) is 0.600. The molecule has 1 aliphatic carbocycles. The van der Waals surface area contributed by atoms with Gasteiger partial charge in [0.05, 0.1) is 7.11 Å². The second-order valence-electron chi connectivity index (χ2n) is 5.22. The number of nitrogens with one attached hydrogen (secondary N) is 1. The zero-order valence-electron chi connectivity index (χ0n) is 11.3. The largest absolute Gasteiger partial charge is 0.497 e. The lowest BCUT2D eigenvalue weighted by Crippen LogP contribution is -2.27. The van der Waals surface area contributed by atoms with E-state index in [0.29, 0.717) is 29.2 Å². The highest BCUT2D eigenvalue weighted by Gasteiger charge is 2.19. The Hall–Kier alpha value is -0.800. The number of benzene rings is 1. The minimum absolute atomic E-state index is 0.217. The van der Waals surface area contributed by atoms with Crippen molar-refractivity contribution in [1.29, 1.82) is 0 Å². The maximum Gasteiger partial charge on any atom is 0.131 e. The van der Waals surface area contributed by atoms with Gasteiger partial charge in [0.25, 0.3) is 0 Å². The third kappa shape index (κ3) is 4.36. The van der Waals surface area contributed by atoms with Crippen LogP contribution in [-0.4, -0.2) is 19.0 Å². The van der Waals surface area contributed by atoms with Crippen molar-refractivity contribution in [2.75, 3.05) is 13.7 Å². The van der Waals surface area contributed by atoms with Gasteiger partial charge < -0.3 is 10.1 Å². The molecular weight excluding hydrogens is 265 g/mol. The van der Waals surface area contributed by atoms with E-state index in [1.54, 1.807) is 19.2 Å². The summed E-state index contributed by atoms with van der Waals surface area (Å²) in [6, 6.07) is 4.98. The highest BCUT2D eigenvalue weighted by Crippen LogP contribution is 2.27. The number of ether oxygens (including phenoxy) is 1. The van der Waals surface area contributed by atoms with Crippen molar-refractivity contribution in [2.45, 2.75) is 37.6 Å². The van der Waals surface area contributed by atoms with Gasteiger partial charge in [-0.05, 0) is 37.8 Å². The first-order chi connectivity index (χ1) is 9.19. The molecule has 19 heavy (non-hydrogen) atoms. The molecule has 1 fully saturated rings. The predicted molar refractivity (Wildman–Crippen MR) is 76.3 cm³/mol. The van der Waals surface area contributed by atoms with Crippen LogP contribution in [-0.2, 0) is 6.54 Å². The molecule has 1 aromatic rings. The first kappa shape index (κ1) is 14.6. The quantitative estimate of drug-likeness (QED) is 0.833. The van der Waals surface area contributed by atoms with Gasteiger partial charge in [0, 0.05) is 23.6 Å². The molecule has 0 bridgehead atoms. The van der Waals surface area contributed by atoms with Crippen LogP contribution in [0.4, 0.5) is 4.39 Å². The molecule has 2 rings (SSSR count). The summed E-state index contributed by atoms with van der Waals surface area (Å²) in [5.41, 5.74) is 0.680. The van der Waals surface area contributed by atoms with E-state index in [0.717, 1.165) is 19.4 Å². The Balaban J connectivity index is 1.79. The highest BCUT2D eigenvalue weighted by atomic mass is 35.5. The Kier molecular flexibility index (Phi) is 5.46. The van der Waals surface area contributed by atoms with E-state index in [4.69, 9.17) is 16.3 Å². The number of halogens is 2. The number of hydrogen-bond acceptors (Lipinski definition) is 2. The lowest BCUT2D eigenvalue weighted by atomic mass is 9.89. The Morgan fingerprint density at radius 2 is 2.26 bits per heavy atom. The fourth-order valence-electron chi connectivity index (χ4n) is 2.62. The van der Waals surface area contributed by atoms with E-state index in [1.807, 2.05) is 0 Å². The van der Waals surface area contributed by atoms with E-state index in [9.17, 15) is 4.39 Å². The van der Waals surface area contributed by atoms with Crippen molar-refractivity contribution in [3.63, 3.8) is 0 Å². The fourth-order valence-corrected chi connectivity index (χ4v) is 3.03. The van der Waals surface area contributed by atoms with Crippen LogP contribution in [0.25, 0.3) is 0 Å². The number of methoxy groups -OCH3 is 1. The van der Waals surface area contributed by atoms with E-state index in [2.05, 4.69) is 5.32 Å². The topological polar surface area (TPSA) is 21.3 Å². The van der Waals surface area contributed by atoms with Gasteiger partial charge in [0.1, 0.15) is 11.6 Å². The molecular formula is C15H21ClFNO. The van der Waals surface area contributed by atoms with E-state index < -0.39 is 0 Å². The molecule has 1 aliphatic rings. The Labute approximate surface area is 119 Å². The molecule has 0 saturated heterocycles. The molecule has 2 unspecified atom stereocenters. The smallest absolute Gasteiger partial charge is 0.131 e. The normalized spacial score (nSPS) is 23.3. The summed E-state index contributed by atoms with van der Waals surface area (Å²) in [5, 5.41) is 3.65. The molecule has 0 amide bonds. The molecule has 106 valence electrons. The molecule has 2 nitrogen and oxygen atoms in total.